The molecule has 0 unspecified atom stereocenters. The number of nitrogens with zero attached hydrogens (tertiary/aromatic N) is 3. The summed E-state index contributed by atoms with van der Waals surface area (Å²) in [5, 5.41) is 10.9. The van der Waals surface area contributed by atoms with Crippen molar-refractivity contribution in [1.82, 2.24) is 10.2 Å². The number of amides is 2. The number of rotatable bonds is 3. The molecule has 0 atom stereocenters. The van der Waals surface area contributed by atoms with Gasteiger partial charge in [0.2, 0.25) is 5.91 Å². The largest absolute Gasteiger partial charge is 0.345 e. The summed E-state index contributed by atoms with van der Waals surface area (Å²) in [6.07, 6.45) is 1.55. The van der Waals surface area contributed by atoms with E-state index in [2.05, 4.69) is 15.5 Å². The molecule has 0 aromatic heterocycles. The summed E-state index contributed by atoms with van der Waals surface area (Å²) < 4.78 is 0. The van der Waals surface area contributed by atoms with Gasteiger partial charge in [-0.25, -0.2) is 0 Å². The lowest BCUT2D eigenvalue weighted by Crippen LogP contribution is -2.21. The van der Waals surface area contributed by atoms with E-state index in [4.69, 9.17) is 0 Å². The fraction of sp³-hybridized carbons (Fsp3) is 0.231. The summed E-state index contributed by atoms with van der Waals surface area (Å²) in [5.74, 6) is 0.244. The lowest BCUT2D eigenvalue weighted by atomic mass is 10.1. The molecule has 1 aromatic rings. The van der Waals surface area contributed by atoms with Gasteiger partial charge in [-0.05, 0) is 17.7 Å². The van der Waals surface area contributed by atoms with E-state index in [9.17, 15) is 9.59 Å². The fourth-order valence-corrected chi connectivity index (χ4v) is 2.17. The van der Waals surface area contributed by atoms with Crippen molar-refractivity contribution >= 4 is 35.0 Å². The first-order chi connectivity index (χ1) is 9.56. The number of hydrogen-bond acceptors (Lipinski definition) is 5. The number of amidine groups is 1. The van der Waals surface area contributed by atoms with Crippen molar-refractivity contribution in [2.75, 3.05) is 19.8 Å². The molecule has 1 N–H and O–H groups in total. The Labute approximate surface area is 120 Å². The minimum Gasteiger partial charge on any atom is -0.345 e. The van der Waals surface area contributed by atoms with Crippen molar-refractivity contribution in [3.8, 4) is 0 Å². The predicted octanol–water partition coefficient (Wildman–Crippen LogP) is 0.941. The Hall–Kier alpha value is -2.15. The van der Waals surface area contributed by atoms with Crippen LogP contribution in [0.1, 0.15) is 15.9 Å². The molecule has 1 aliphatic heterocycles. The molecule has 20 heavy (non-hydrogen) atoms. The Morgan fingerprint density at radius 3 is 2.90 bits per heavy atom. The van der Waals surface area contributed by atoms with Crippen LogP contribution in [0.4, 0.5) is 0 Å². The maximum absolute atomic E-state index is 11.8. The maximum atomic E-state index is 11.8. The first kappa shape index (κ1) is 14.3. The molecule has 1 saturated heterocycles. The summed E-state index contributed by atoms with van der Waals surface area (Å²) in [7, 11) is 3.41. The van der Waals surface area contributed by atoms with E-state index >= 15 is 0 Å². The molecule has 0 spiro atoms. The van der Waals surface area contributed by atoms with Crippen LogP contribution in [0.2, 0.25) is 0 Å². The second-order valence-electron chi connectivity index (χ2n) is 4.31. The van der Waals surface area contributed by atoms with Gasteiger partial charge in [-0.3, -0.25) is 9.59 Å². The van der Waals surface area contributed by atoms with E-state index in [-0.39, 0.29) is 11.8 Å². The Morgan fingerprint density at radius 1 is 1.45 bits per heavy atom. The van der Waals surface area contributed by atoms with Crippen molar-refractivity contribution in [1.29, 1.82) is 0 Å². The molecule has 0 aliphatic carbocycles. The molecular formula is C13H14N4O2S. The smallest absolute Gasteiger partial charge is 0.253 e. The van der Waals surface area contributed by atoms with Crippen LogP contribution in [0.5, 0.6) is 0 Å². The SMILES string of the molecule is CN(C)C(=O)c1cccc(C=NN=C2NC(=O)CS2)c1. The monoisotopic (exact) mass is 290 g/mol. The number of benzene rings is 1. The average molecular weight is 290 g/mol. The lowest BCUT2D eigenvalue weighted by Gasteiger charge is -2.10. The summed E-state index contributed by atoms with van der Waals surface area (Å²) in [6, 6.07) is 7.11. The standard InChI is InChI=1S/C13H14N4O2S/c1-17(2)12(19)10-5-3-4-9(6-10)7-14-16-13-15-11(18)8-20-13/h3-7H,8H2,1-2H3,(H,15,16,18). The van der Waals surface area contributed by atoms with Crippen LogP contribution in [-0.2, 0) is 4.79 Å². The molecule has 0 bridgehead atoms. The molecule has 0 radical (unpaired) electrons. The van der Waals surface area contributed by atoms with Gasteiger partial charge in [-0.2, -0.15) is 5.10 Å². The van der Waals surface area contributed by atoms with Gasteiger partial charge in [0.1, 0.15) is 0 Å². The number of hydrogen-bond donors (Lipinski definition) is 1. The molecule has 7 heteroatoms. The predicted molar refractivity (Wildman–Crippen MR) is 80.1 cm³/mol. The number of thioether (sulfide) groups is 1. The molecule has 2 rings (SSSR count). The highest BCUT2D eigenvalue weighted by atomic mass is 32.2. The molecule has 1 fully saturated rings. The van der Waals surface area contributed by atoms with Crippen LogP contribution in [0.15, 0.2) is 34.5 Å². The topological polar surface area (TPSA) is 74.1 Å². The van der Waals surface area contributed by atoms with E-state index in [1.807, 2.05) is 6.07 Å². The van der Waals surface area contributed by atoms with E-state index < -0.39 is 0 Å². The maximum Gasteiger partial charge on any atom is 0.253 e. The van der Waals surface area contributed by atoms with Crippen molar-refractivity contribution in [2.45, 2.75) is 0 Å². The third-order valence-electron chi connectivity index (χ3n) is 2.48. The number of carbonyl (C=O) groups is 2. The van der Waals surface area contributed by atoms with Crippen LogP contribution < -0.4 is 5.32 Å². The molecule has 1 aromatic carbocycles. The van der Waals surface area contributed by atoms with Crippen molar-refractivity contribution in [3.63, 3.8) is 0 Å². The first-order valence-corrected chi connectivity index (χ1v) is 6.90. The van der Waals surface area contributed by atoms with Gasteiger partial charge < -0.3 is 10.2 Å². The van der Waals surface area contributed by atoms with Crippen molar-refractivity contribution in [2.24, 2.45) is 10.2 Å². The highest BCUT2D eigenvalue weighted by Gasteiger charge is 2.15. The molecule has 1 heterocycles. The third kappa shape index (κ3) is 3.67. The third-order valence-corrected chi connectivity index (χ3v) is 3.35. The zero-order valence-corrected chi connectivity index (χ0v) is 12.0. The first-order valence-electron chi connectivity index (χ1n) is 5.91. The molecular weight excluding hydrogens is 276 g/mol. The van der Waals surface area contributed by atoms with Crippen LogP contribution in [0.3, 0.4) is 0 Å². The van der Waals surface area contributed by atoms with Crippen LogP contribution in [-0.4, -0.2) is 47.9 Å². The number of carbonyl (C=O) groups excluding carboxylic acids is 2. The van der Waals surface area contributed by atoms with Gasteiger partial charge in [0, 0.05) is 19.7 Å². The minimum atomic E-state index is -0.0671. The van der Waals surface area contributed by atoms with Gasteiger partial charge in [-0.1, -0.05) is 23.9 Å². The Kier molecular flexibility index (Phi) is 4.52. The zero-order chi connectivity index (χ0) is 14.5. The van der Waals surface area contributed by atoms with Crippen LogP contribution >= 0.6 is 11.8 Å². The van der Waals surface area contributed by atoms with Crippen LogP contribution in [0, 0.1) is 0 Å². The molecule has 2 amide bonds. The quantitative estimate of drug-likeness (QED) is 0.665. The second kappa shape index (κ2) is 6.33. The van der Waals surface area contributed by atoms with Crippen LogP contribution in [0.25, 0.3) is 0 Å². The van der Waals surface area contributed by atoms with Crippen molar-refractivity contribution < 1.29 is 9.59 Å². The van der Waals surface area contributed by atoms with Crippen molar-refractivity contribution in [3.05, 3.63) is 35.4 Å². The second-order valence-corrected chi connectivity index (χ2v) is 5.28. The Bertz CT molecular complexity index is 596. The molecule has 6 nitrogen and oxygen atoms in total. The summed E-state index contributed by atoms with van der Waals surface area (Å²) in [5.41, 5.74) is 1.37. The van der Waals surface area contributed by atoms with Gasteiger partial charge in [-0.15, -0.1) is 5.10 Å². The Morgan fingerprint density at radius 2 is 2.25 bits per heavy atom. The lowest BCUT2D eigenvalue weighted by molar-refractivity contribution is -0.116. The van der Waals surface area contributed by atoms with Gasteiger partial charge in [0.05, 0.1) is 12.0 Å². The summed E-state index contributed by atoms with van der Waals surface area (Å²) in [4.78, 5) is 24.3. The summed E-state index contributed by atoms with van der Waals surface area (Å²) in [6.45, 7) is 0. The highest BCUT2D eigenvalue weighted by Crippen LogP contribution is 2.09. The Balaban J connectivity index is 2.08. The van der Waals surface area contributed by atoms with E-state index in [1.54, 1.807) is 38.5 Å². The van der Waals surface area contributed by atoms with Gasteiger partial charge in [0.25, 0.3) is 5.91 Å². The normalized spacial score (nSPS) is 16.7. The van der Waals surface area contributed by atoms with E-state index in [1.165, 1.54) is 16.7 Å². The van der Waals surface area contributed by atoms with E-state index in [0.717, 1.165) is 5.56 Å². The highest BCUT2D eigenvalue weighted by molar-refractivity contribution is 8.15. The van der Waals surface area contributed by atoms with Gasteiger partial charge in [0.15, 0.2) is 5.17 Å². The average Bonchev–Trinajstić information content (AvgIpc) is 2.84. The molecule has 0 saturated carbocycles. The number of nitrogens with one attached hydrogen (secondary N) is 1. The fourth-order valence-electron chi connectivity index (χ4n) is 1.54. The summed E-state index contributed by atoms with van der Waals surface area (Å²) >= 11 is 1.31. The zero-order valence-electron chi connectivity index (χ0n) is 11.2. The van der Waals surface area contributed by atoms with E-state index in [0.29, 0.717) is 16.5 Å². The molecule has 104 valence electrons. The molecule has 1 aliphatic rings. The minimum absolute atomic E-state index is 0.0647. The van der Waals surface area contributed by atoms with Gasteiger partial charge >= 0.3 is 0 Å².